The van der Waals surface area contributed by atoms with Gasteiger partial charge in [0.2, 0.25) is 5.91 Å². The van der Waals surface area contributed by atoms with Crippen LogP contribution in [0.1, 0.15) is 84.5 Å². The van der Waals surface area contributed by atoms with Crippen LogP contribution in [0.25, 0.3) is 10.4 Å². The molecule has 1 amide bonds. The Morgan fingerprint density at radius 1 is 1.29 bits per heavy atom. The first kappa shape index (κ1) is 35.4. The minimum atomic E-state index is -0.673. The molecule has 10 heteroatoms. The van der Waals surface area contributed by atoms with Crippen LogP contribution < -0.4 is 16.9 Å². The lowest BCUT2D eigenvalue weighted by Gasteiger charge is -2.40. The van der Waals surface area contributed by atoms with Gasteiger partial charge in [-0.1, -0.05) is 58.9 Å². The maximum atomic E-state index is 13.1. The zero-order valence-electron chi connectivity index (χ0n) is 26.6. The maximum Gasteiger partial charge on any atom is 0.248 e. The lowest BCUT2D eigenvalue weighted by atomic mass is 9.80. The average molecular weight is 601 g/mol. The quantitative estimate of drug-likeness (QED) is 0.174. The monoisotopic (exact) mass is 600 g/mol. The van der Waals surface area contributed by atoms with Gasteiger partial charge in [-0.05, 0) is 56.7 Å². The van der Waals surface area contributed by atoms with Crippen LogP contribution in [0.15, 0.2) is 41.7 Å². The number of rotatable bonds is 10. The number of aldehydes is 1. The number of thiazole rings is 1. The summed E-state index contributed by atoms with van der Waals surface area (Å²) in [4.78, 5) is 31.4. The van der Waals surface area contributed by atoms with Gasteiger partial charge in [-0.2, -0.15) is 0 Å². The molecule has 0 spiro atoms. The maximum absolute atomic E-state index is 13.1. The van der Waals surface area contributed by atoms with Crippen molar-refractivity contribution in [3.63, 3.8) is 0 Å². The first-order valence-electron chi connectivity index (χ1n) is 15.0. The number of aromatic nitrogens is 1. The number of hydrogen-bond donors (Lipinski definition) is 4. The molecule has 42 heavy (non-hydrogen) atoms. The van der Waals surface area contributed by atoms with E-state index in [2.05, 4.69) is 48.4 Å². The van der Waals surface area contributed by atoms with Gasteiger partial charge in [-0.25, -0.2) is 10.8 Å². The number of hydrogen-bond acceptors (Lipinski definition) is 9. The van der Waals surface area contributed by atoms with Crippen molar-refractivity contribution < 1.29 is 14.7 Å². The van der Waals surface area contributed by atoms with E-state index in [9.17, 15) is 14.7 Å². The molecular formula is C32H52N6O3S. The number of aryl methyl sites for hydroxylation is 1. The van der Waals surface area contributed by atoms with E-state index in [1.54, 1.807) is 17.5 Å². The number of aliphatic hydroxyl groups excluding tert-OH is 1. The fraction of sp³-hybridized carbons (Fsp3) is 0.594. The summed E-state index contributed by atoms with van der Waals surface area (Å²) in [6.07, 6.45) is 4.82. The van der Waals surface area contributed by atoms with E-state index in [1.165, 1.54) is 25.9 Å². The molecule has 1 aliphatic carbocycles. The average Bonchev–Trinajstić information content (AvgIpc) is 3.65. The fourth-order valence-electron chi connectivity index (χ4n) is 4.88. The normalized spacial score (nSPS) is 20.0. The zero-order chi connectivity index (χ0) is 31.6. The van der Waals surface area contributed by atoms with Crippen LogP contribution in [0.2, 0.25) is 0 Å². The molecule has 2 heterocycles. The molecule has 1 aromatic heterocycles. The summed E-state index contributed by atoms with van der Waals surface area (Å²) < 4.78 is 0. The third-order valence-electron chi connectivity index (χ3n) is 8.14. The molecule has 9 nitrogen and oxygen atoms in total. The molecule has 4 rings (SSSR count). The number of nitrogens with one attached hydrogen (secondary N) is 1. The lowest BCUT2D eigenvalue weighted by molar-refractivity contribution is -0.143. The zero-order valence-corrected chi connectivity index (χ0v) is 27.4. The molecule has 1 aliphatic heterocycles. The van der Waals surface area contributed by atoms with Crippen molar-refractivity contribution in [3.05, 3.63) is 52.9 Å². The molecule has 1 saturated carbocycles. The highest BCUT2D eigenvalue weighted by Crippen LogP contribution is 2.36. The van der Waals surface area contributed by atoms with Gasteiger partial charge in [0.1, 0.15) is 12.3 Å². The van der Waals surface area contributed by atoms with Crippen molar-refractivity contribution in [3.8, 4) is 10.4 Å². The summed E-state index contributed by atoms with van der Waals surface area (Å²) in [5.41, 5.74) is 11.9. The summed E-state index contributed by atoms with van der Waals surface area (Å²) in [7, 11) is 1.98. The molecule has 234 valence electrons. The Balaban J connectivity index is 0.000000296. The Bertz CT molecular complexity index is 1160. The number of nitrogens with two attached hydrogens (primary N) is 2. The Kier molecular flexibility index (Phi) is 13.6. The minimum Gasteiger partial charge on any atom is -0.401 e. The van der Waals surface area contributed by atoms with E-state index in [4.69, 9.17) is 11.6 Å². The van der Waals surface area contributed by atoms with E-state index in [-0.39, 0.29) is 18.9 Å². The van der Waals surface area contributed by atoms with Gasteiger partial charge in [-0.15, -0.1) is 11.3 Å². The largest absolute Gasteiger partial charge is 0.401 e. The standard InChI is InChI=1S/C17H30N4O3.C13H16N2S.C2H6/c1-4-17(2,3)15(21(19)9-14(18)11-5-6-11)16(24)20-8-13(23)7-12(20)10-22;1-9(14-3)11-4-6-12(7-5-11)13-10(2)15-8-16-13;1-2/h9-13,15,23H,4-8,18-19H2,1-3H3;4-9,14H,1-3H3;1-2H3/b14-9-;;/t12-,13+,15?;9-;/m00./s1. The molecule has 2 aliphatic rings. The van der Waals surface area contributed by atoms with Crippen LogP contribution in [-0.2, 0) is 9.59 Å². The van der Waals surface area contributed by atoms with Gasteiger partial charge >= 0.3 is 0 Å². The summed E-state index contributed by atoms with van der Waals surface area (Å²) in [6.45, 7) is 14.3. The van der Waals surface area contributed by atoms with Gasteiger partial charge < -0.3 is 30.9 Å². The van der Waals surface area contributed by atoms with Crippen molar-refractivity contribution >= 4 is 23.5 Å². The van der Waals surface area contributed by atoms with Gasteiger partial charge in [0.25, 0.3) is 0 Å². The highest BCUT2D eigenvalue weighted by atomic mass is 32.1. The van der Waals surface area contributed by atoms with Crippen molar-refractivity contribution in [2.75, 3.05) is 13.6 Å². The number of carbonyl (C=O) groups excluding carboxylic acids is 2. The van der Waals surface area contributed by atoms with Crippen LogP contribution in [0.3, 0.4) is 0 Å². The van der Waals surface area contributed by atoms with Crippen LogP contribution in [-0.4, -0.2) is 64.0 Å². The van der Waals surface area contributed by atoms with Crippen LogP contribution in [0.4, 0.5) is 0 Å². The molecule has 4 atom stereocenters. The molecule has 6 N–H and O–H groups in total. The second-order valence-corrected chi connectivity index (χ2v) is 12.4. The summed E-state index contributed by atoms with van der Waals surface area (Å²) in [5.74, 6) is 6.33. The lowest BCUT2D eigenvalue weighted by Crippen LogP contribution is -2.57. The first-order chi connectivity index (χ1) is 19.9. The molecule has 2 aromatic rings. The number of amides is 1. The summed E-state index contributed by atoms with van der Waals surface area (Å²) in [6, 6.07) is 7.85. The number of aliphatic hydroxyl groups is 1. The van der Waals surface area contributed by atoms with Gasteiger partial charge in [0.15, 0.2) is 0 Å². The second-order valence-electron chi connectivity index (χ2n) is 11.6. The van der Waals surface area contributed by atoms with E-state index < -0.39 is 23.6 Å². The highest BCUT2D eigenvalue weighted by Gasteiger charge is 2.44. The Morgan fingerprint density at radius 3 is 2.38 bits per heavy atom. The Morgan fingerprint density at radius 2 is 1.90 bits per heavy atom. The summed E-state index contributed by atoms with van der Waals surface area (Å²) in [5, 5.41) is 14.5. The minimum absolute atomic E-state index is 0.161. The van der Waals surface area contributed by atoms with E-state index in [0.717, 1.165) is 31.2 Å². The number of allylic oxidation sites excluding steroid dienone is 1. The van der Waals surface area contributed by atoms with Gasteiger partial charge in [-0.3, -0.25) is 4.79 Å². The van der Waals surface area contributed by atoms with Crippen LogP contribution in [0.5, 0.6) is 0 Å². The van der Waals surface area contributed by atoms with Crippen molar-refractivity contribution in [2.24, 2.45) is 22.9 Å². The van der Waals surface area contributed by atoms with Gasteiger partial charge in [0.05, 0.1) is 28.2 Å². The molecular weight excluding hydrogens is 548 g/mol. The molecule has 1 saturated heterocycles. The van der Waals surface area contributed by atoms with Crippen LogP contribution in [0, 0.1) is 18.3 Å². The smallest absolute Gasteiger partial charge is 0.248 e. The highest BCUT2D eigenvalue weighted by molar-refractivity contribution is 7.13. The topological polar surface area (TPSA) is 138 Å². The van der Waals surface area contributed by atoms with Gasteiger partial charge in [0, 0.05) is 36.8 Å². The number of β-amino-alcohol motifs (C(OH)–C–C–N with tert-alkyl or cyclic N) is 1. The first-order valence-corrected chi connectivity index (χ1v) is 15.9. The third kappa shape index (κ3) is 9.10. The Labute approximate surface area is 256 Å². The SMILES string of the molecule is CC.CCC(C)(C)C(C(=O)N1C[C@H](O)C[C@H]1C=O)N(N)/C=C(\N)C1CC1.CN[C@@H](C)c1ccc(-c2scnc2C)cc1. The van der Waals surface area contributed by atoms with Crippen molar-refractivity contribution in [2.45, 2.75) is 98.4 Å². The predicted octanol–water partition coefficient (Wildman–Crippen LogP) is 4.76. The molecule has 1 unspecified atom stereocenters. The third-order valence-corrected chi connectivity index (χ3v) is 9.12. The van der Waals surface area contributed by atoms with E-state index >= 15 is 0 Å². The number of likely N-dealkylation sites (tertiary alicyclic amines) is 1. The molecule has 0 radical (unpaired) electrons. The van der Waals surface area contributed by atoms with E-state index in [1.807, 2.05) is 47.2 Å². The molecule has 0 bridgehead atoms. The Hall–Kier alpha value is -2.79. The molecule has 2 fully saturated rings. The number of carbonyl (C=O) groups is 2. The molecule has 1 aromatic carbocycles. The number of nitrogens with zero attached hydrogens (tertiary/aromatic N) is 3. The summed E-state index contributed by atoms with van der Waals surface area (Å²) >= 11 is 1.70. The fourth-order valence-corrected chi connectivity index (χ4v) is 5.69. The predicted molar refractivity (Wildman–Crippen MR) is 172 cm³/mol. The van der Waals surface area contributed by atoms with E-state index in [0.29, 0.717) is 17.7 Å². The van der Waals surface area contributed by atoms with Crippen molar-refractivity contribution in [1.29, 1.82) is 0 Å². The second kappa shape index (κ2) is 16.2. The van der Waals surface area contributed by atoms with Crippen molar-refractivity contribution in [1.82, 2.24) is 20.2 Å². The number of benzene rings is 1. The van der Waals surface area contributed by atoms with Crippen LogP contribution >= 0.6 is 11.3 Å². The number of hydrazine groups is 1.